The number of rotatable bonds is 5. The van der Waals surface area contributed by atoms with E-state index >= 15 is 0 Å². The zero-order chi connectivity index (χ0) is 20.2. The number of anilines is 1. The maximum absolute atomic E-state index is 13.0. The van der Waals surface area contributed by atoms with Gasteiger partial charge >= 0.3 is 0 Å². The fraction of sp³-hybridized carbons (Fsp3) is 0.318. The Hall–Kier alpha value is -3.35. The number of carbonyl (C=O) groups is 1. The van der Waals surface area contributed by atoms with Crippen LogP contribution in [0.4, 0.5) is 5.69 Å². The van der Waals surface area contributed by atoms with Gasteiger partial charge in [0.2, 0.25) is 0 Å². The minimum atomic E-state index is -0.374. The monoisotopic (exact) mass is 393 g/mol. The van der Waals surface area contributed by atoms with Gasteiger partial charge in [0.15, 0.2) is 17.2 Å². The molecule has 1 aliphatic rings. The first-order valence-electron chi connectivity index (χ1n) is 9.88. The Morgan fingerprint density at radius 1 is 1.10 bits per heavy atom. The van der Waals surface area contributed by atoms with E-state index in [9.17, 15) is 9.59 Å². The molecule has 0 saturated carbocycles. The van der Waals surface area contributed by atoms with E-state index in [4.69, 9.17) is 9.47 Å². The fourth-order valence-corrected chi connectivity index (χ4v) is 3.29. The van der Waals surface area contributed by atoms with E-state index in [1.54, 1.807) is 42.5 Å². The molecule has 4 rings (SSSR count). The summed E-state index contributed by atoms with van der Waals surface area (Å²) in [5, 5.41) is 8.27. The van der Waals surface area contributed by atoms with Gasteiger partial charge in [-0.15, -0.1) is 0 Å². The molecule has 7 nitrogen and oxygen atoms in total. The first kappa shape index (κ1) is 19.0. The van der Waals surface area contributed by atoms with Gasteiger partial charge in [-0.1, -0.05) is 31.5 Å². The van der Waals surface area contributed by atoms with Crippen molar-refractivity contribution >= 4 is 22.4 Å². The lowest BCUT2D eigenvalue weighted by molar-refractivity contribution is 0.102. The standard InChI is InChI=1S/C22H23N3O4/c1-2-3-11-25-22(27)17-8-5-4-7-16(17)20(24-25)21(26)23-15-9-10-18-19(14-15)29-13-6-12-28-18/h4-5,7-10,14H,2-3,6,11-13H2,1H3,(H,23,26). The molecule has 2 aromatic carbocycles. The summed E-state index contributed by atoms with van der Waals surface area (Å²) in [6, 6.07) is 12.4. The number of carbonyl (C=O) groups excluding carboxylic acids is 1. The zero-order valence-electron chi connectivity index (χ0n) is 16.3. The Balaban J connectivity index is 1.69. The van der Waals surface area contributed by atoms with Crippen molar-refractivity contribution in [3.8, 4) is 11.5 Å². The average molecular weight is 393 g/mol. The molecular weight excluding hydrogens is 370 g/mol. The third kappa shape index (κ3) is 3.94. The maximum Gasteiger partial charge on any atom is 0.276 e. The van der Waals surface area contributed by atoms with Crippen LogP contribution in [0.15, 0.2) is 47.3 Å². The number of aromatic nitrogens is 2. The summed E-state index contributed by atoms with van der Waals surface area (Å²) in [4.78, 5) is 25.7. The Bertz CT molecular complexity index is 1110. The van der Waals surface area contributed by atoms with Gasteiger partial charge in [-0.2, -0.15) is 5.10 Å². The highest BCUT2D eigenvalue weighted by atomic mass is 16.5. The highest BCUT2D eigenvalue weighted by molar-refractivity contribution is 6.11. The molecule has 0 fully saturated rings. The molecule has 1 aliphatic heterocycles. The topological polar surface area (TPSA) is 82.5 Å². The van der Waals surface area contributed by atoms with Crippen LogP contribution in [0.5, 0.6) is 11.5 Å². The number of fused-ring (bicyclic) bond motifs is 2. The van der Waals surface area contributed by atoms with Crippen LogP contribution < -0.4 is 20.3 Å². The van der Waals surface area contributed by atoms with Gasteiger partial charge < -0.3 is 14.8 Å². The Labute approximate surface area is 168 Å². The van der Waals surface area contributed by atoms with Crippen LogP contribution in [0.1, 0.15) is 36.7 Å². The second-order valence-corrected chi connectivity index (χ2v) is 6.94. The molecule has 0 saturated heterocycles. The molecule has 29 heavy (non-hydrogen) atoms. The van der Waals surface area contributed by atoms with E-state index in [0.717, 1.165) is 19.3 Å². The molecule has 7 heteroatoms. The van der Waals surface area contributed by atoms with E-state index in [1.807, 2.05) is 6.92 Å². The van der Waals surface area contributed by atoms with Gasteiger partial charge in [-0.25, -0.2) is 4.68 Å². The molecule has 2 heterocycles. The molecule has 3 aromatic rings. The predicted octanol–water partition coefficient (Wildman–Crippen LogP) is 3.61. The normalized spacial score (nSPS) is 13.1. The van der Waals surface area contributed by atoms with E-state index in [0.29, 0.717) is 47.7 Å². The van der Waals surface area contributed by atoms with Crippen LogP contribution in [0.25, 0.3) is 10.8 Å². The predicted molar refractivity (Wildman–Crippen MR) is 111 cm³/mol. The lowest BCUT2D eigenvalue weighted by atomic mass is 10.1. The van der Waals surface area contributed by atoms with Crippen LogP contribution in [-0.4, -0.2) is 28.9 Å². The van der Waals surface area contributed by atoms with Crippen molar-refractivity contribution in [3.05, 3.63) is 58.5 Å². The molecule has 0 radical (unpaired) electrons. The molecule has 1 N–H and O–H groups in total. The minimum absolute atomic E-state index is 0.179. The number of unbranched alkanes of at least 4 members (excludes halogenated alkanes) is 1. The van der Waals surface area contributed by atoms with Crippen molar-refractivity contribution < 1.29 is 14.3 Å². The van der Waals surface area contributed by atoms with E-state index < -0.39 is 0 Å². The molecule has 0 aliphatic carbocycles. The van der Waals surface area contributed by atoms with Crippen LogP contribution in [0.3, 0.4) is 0 Å². The largest absolute Gasteiger partial charge is 0.490 e. The Morgan fingerprint density at radius 3 is 2.66 bits per heavy atom. The second-order valence-electron chi connectivity index (χ2n) is 6.94. The van der Waals surface area contributed by atoms with Gasteiger partial charge in [0.05, 0.1) is 18.6 Å². The fourth-order valence-electron chi connectivity index (χ4n) is 3.29. The van der Waals surface area contributed by atoms with Crippen LogP contribution in [0, 0.1) is 0 Å². The van der Waals surface area contributed by atoms with Crippen LogP contribution >= 0.6 is 0 Å². The van der Waals surface area contributed by atoms with Gasteiger partial charge in [-0.3, -0.25) is 9.59 Å². The number of hydrogen-bond acceptors (Lipinski definition) is 5. The summed E-state index contributed by atoms with van der Waals surface area (Å²) < 4.78 is 12.7. The van der Waals surface area contributed by atoms with Crippen LogP contribution in [-0.2, 0) is 6.54 Å². The van der Waals surface area contributed by atoms with Crippen molar-refractivity contribution in [2.45, 2.75) is 32.7 Å². The Morgan fingerprint density at radius 2 is 1.86 bits per heavy atom. The highest BCUT2D eigenvalue weighted by Crippen LogP contribution is 2.32. The molecule has 1 amide bonds. The van der Waals surface area contributed by atoms with Crippen molar-refractivity contribution in [2.24, 2.45) is 0 Å². The van der Waals surface area contributed by atoms with Gasteiger partial charge in [0, 0.05) is 30.1 Å². The third-order valence-corrected chi connectivity index (χ3v) is 4.81. The lowest BCUT2D eigenvalue weighted by Gasteiger charge is -2.12. The van der Waals surface area contributed by atoms with E-state index in [-0.39, 0.29) is 17.2 Å². The summed E-state index contributed by atoms with van der Waals surface area (Å²) in [6.45, 7) is 3.70. The quantitative estimate of drug-likeness (QED) is 0.716. The Kier molecular flexibility index (Phi) is 5.46. The molecule has 0 bridgehead atoms. The van der Waals surface area contributed by atoms with Gasteiger partial charge in [0.25, 0.3) is 11.5 Å². The molecule has 0 atom stereocenters. The minimum Gasteiger partial charge on any atom is -0.490 e. The number of benzene rings is 2. The van der Waals surface area contributed by atoms with Crippen molar-refractivity contribution in [1.82, 2.24) is 9.78 Å². The lowest BCUT2D eigenvalue weighted by Crippen LogP contribution is -2.27. The van der Waals surface area contributed by atoms with Gasteiger partial charge in [-0.05, 0) is 24.6 Å². The first-order chi connectivity index (χ1) is 14.2. The number of nitrogens with zero attached hydrogens (tertiary/aromatic N) is 2. The third-order valence-electron chi connectivity index (χ3n) is 4.81. The number of amides is 1. The SMILES string of the molecule is CCCCn1nc(C(=O)Nc2ccc3c(c2)OCCCO3)c2ccccc2c1=O. The second kappa shape index (κ2) is 8.34. The average Bonchev–Trinajstić information content (AvgIpc) is 2.98. The number of aryl methyl sites for hydroxylation is 1. The van der Waals surface area contributed by atoms with Crippen molar-refractivity contribution in [1.29, 1.82) is 0 Å². The first-order valence-corrected chi connectivity index (χ1v) is 9.88. The molecular formula is C22H23N3O4. The van der Waals surface area contributed by atoms with Crippen molar-refractivity contribution in [3.63, 3.8) is 0 Å². The summed E-state index contributed by atoms with van der Waals surface area (Å²) in [5.41, 5.74) is 0.626. The van der Waals surface area contributed by atoms with Crippen LogP contribution in [0.2, 0.25) is 0 Å². The van der Waals surface area contributed by atoms with E-state index in [2.05, 4.69) is 10.4 Å². The van der Waals surface area contributed by atoms with Gasteiger partial charge in [0.1, 0.15) is 0 Å². The summed E-state index contributed by atoms with van der Waals surface area (Å²) in [7, 11) is 0. The summed E-state index contributed by atoms with van der Waals surface area (Å²) in [6.07, 6.45) is 2.56. The smallest absolute Gasteiger partial charge is 0.276 e. The molecule has 1 aromatic heterocycles. The summed E-state index contributed by atoms with van der Waals surface area (Å²) in [5.74, 6) is 0.893. The maximum atomic E-state index is 13.0. The summed E-state index contributed by atoms with van der Waals surface area (Å²) >= 11 is 0. The number of hydrogen-bond donors (Lipinski definition) is 1. The number of ether oxygens (including phenoxy) is 2. The number of nitrogens with one attached hydrogen (secondary N) is 1. The molecule has 150 valence electrons. The van der Waals surface area contributed by atoms with E-state index in [1.165, 1.54) is 4.68 Å². The molecule has 0 spiro atoms. The zero-order valence-corrected chi connectivity index (χ0v) is 16.3. The van der Waals surface area contributed by atoms with Crippen molar-refractivity contribution in [2.75, 3.05) is 18.5 Å². The molecule has 0 unspecified atom stereocenters. The highest BCUT2D eigenvalue weighted by Gasteiger charge is 2.18.